The Morgan fingerprint density at radius 3 is 2.72 bits per heavy atom. The van der Waals surface area contributed by atoms with Crippen LogP contribution in [0.5, 0.6) is 0 Å². The van der Waals surface area contributed by atoms with Crippen LogP contribution in [0.25, 0.3) is 0 Å². The number of hydrogen-bond acceptors (Lipinski definition) is 4. The average Bonchev–Trinajstić information content (AvgIpc) is 3.06. The number of rotatable bonds is 3. The predicted octanol–water partition coefficient (Wildman–Crippen LogP) is 2.75. The number of amides is 2. The molecule has 25 heavy (non-hydrogen) atoms. The van der Waals surface area contributed by atoms with Gasteiger partial charge in [0.1, 0.15) is 5.82 Å². The molecule has 1 fully saturated rings. The molecule has 2 heterocycles. The lowest BCUT2D eigenvalue weighted by molar-refractivity contribution is 0.179. The van der Waals surface area contributed by atoms with Crippen molar-refractivity contribution in [2.24, 2.45) is 0 Å². The number of carbonyl (C=O) groups is 1. The highest BCUT2D eigenvalue weighted by Crippen LogP contribution is 2.31. The molecule has 6 heteroatoms. The van der Waals surface area contributed by atoms with E-state index >= 15 is 0 Å². The molecule has 6 nitrogen and oxygen atoms in total. The van der Waals surface area contributed by atoms with Crippen LogP contribution in [-0.2, 0) is 6.42 Å². The fourth-order valence-corrected chi connectivity index (χ4v) is 3.76. The first kappa shape index (κ1) is 15.9. The van der Waals surface area contributed by atoms with Gasteiger partial charge in [0.25, 0.3) is 0 Å². The molecule has 2 aliphatic rings. The van der Waals surface area contributed by atoms with Crippen molar-refractivity contribution in [2.75, 3.05) is 18.4 Å². The number of anilines is 1. The number of hydrogen-bond donors (Lipinski definition) is 2. The minimum Gasteiger partial charge on any atom is -0.366 e. The maximum Gasteiger partial charge on any atom is 0.317 e. The molecule has 1 aliphatic carbocycles. The van der Waals surface area contributed by atoms with E-state index in [1.807, 2.05) is 23.1 Å². The van der Waals surface area contributed by atoms with Gasteiger partial charge in [-0.2, -0.15) is 5.10 Å². The Labute approximate surface area is 147 Å². The number of aryl methyl sites for hydroxylation is 1. The quantitative estimate of drug-likeness (QED) is 0.903. The number of aromatic nitrogens is 2. The summed E-state index contributed by atoms with van der Waals surface area (Å²) in [4.78, 5) is 14.5. The molecule has 1 saturated heterocycles. The van der Waals surface area contributed by atoms with Gasteiger partial charge in [-0.1, -0.05) is 24.3 Å². The first-order chi connectivity index (χ1) is 12.3. The number of likely N-dealkylation sites (tertiary alicyclic amines) is 1. The van der Waals surface area contributed by atoms with Gasteiger partial charge in [-0.05, 0) is 48.9 Å². The Balaban J connectivity index is 1.29. The fraction of sp³-hybridized carbons (Fsp3) is 0.421. The van der Waals surface area contributed by atoms with Crippen LogP contribution >= 0.6 is 0 Å². The first-order valence-electron chi connectivity index (χ1n) is 8.97. The van der Waals surface area contributed by atoms with Crippen LogP contribution in [0, 0.1) is 0 Å². The summed E-state index contributed by atoms with van der Waals surface area (Å²) in [6.45, 7) is 1.52. The van der Waals surface area contributed by atoms with E-state index in [1.165, 1.54) is 11.1 Å². The van der Waals surface area contributed by atoms with Crippen molar-refractivity contribution >= 4 is 11.8 Å². The summed E-state index contributed by atoms with van der Waals surface area (Å²) < 4.78 is 0. The molecule has 0 unspecified atom stereocenters. The van der Waals surface area contributed by atoms with E-state index < -0.39 is 0 Å². The molecule has 1 aromatic carbocycles. The maximum absolute atomic E-state index is 12.6. The van der Waals surface area contributed by atoms with E-state index in [0.717, 1.165) is 44.6 Å². The lowest BCUT2D eigenvalue weighted by Crippen LogP contribution is -2.47. The van der Waals surface area contributed by atoms with Crippen molar-refractivity contribution in [3.05, 3.63) is 53.7 Å². The number of piperidine rings is 1. The van der Waals surface area contributed by atoms with Gasteiger partial charge >= 0.3 is 6.03 Å². The highest BCUT2D eigenvalue weighted by molar-refractivity contribution is 5.75. The Hall–Kier alpha value is -2.63. The Kier molecular flexibility index (Phi) is 4.50. The van der Waals surface area contributed by atoms with Gasteiger partial charge in [0.2, 0.25) is 0 Å². The molecule has 130 valence electrons. The molecule has 0 radical (unpaired) electrons. The third-order valence-corrected chi connectivity index (χ3v) is 5.14. The lowest BCUT2D eigenvalue weighted by atomic mass is 10.1. The van der Waals surface area contributed by atoms with E-state index in [-0.39, 0.29) is 12.1 Å². The summed E-state index contributed by atoms with van der Waals surface area (Å²) >= 11 is 0. The molecule has 4 rings (SSSR count). The monoisotopic (exact) mass is 337 g/mol. The van der Waals surface area contributed by atoms with Gasteiger partial charge in [-0.25, -0.2) is 4.79 Å². The van der Waals surface area contributed by atoms with E-state index in [9.17, 15) is 4.79 Å². The number of nitrogens with one attached hydrogen (secondary N) is 2. The number of urea groups is 1. The number of nitrogens with zero attached hydrogens (tertiary/aromatic N) is 3. The van der Waals surface area contributed by atoms with Gasteiger partial charge in [-0.3, -0.25) is 0 Å². The molecule has 2 N–H and O–H groups in total. The SMILES string of the molecule is O=C(N[C@@H]1CCc2ccccc21)N1CCC(Nc2cccnn2)CC1. The second-order valence-corrected chi connectivity index (χ2v) is 6.75. The van der Waals surface area contributed by atoms with Crippen LogP contribution in [0.2, 0.25) is 0 Å². The lowest BCUT2D eigenvalue weighted by Gasteiger charge is -2.33. The van der Waals surface area contributed by atoms with Crippen molar-refractivity contribution in [1.29, 1.82) is 0 Å². The highest BCUT2D eigenvalue weighted by Gasteiger charge is 2.27. The molecular formula is C19H23N5O. The number of benzene rings is 1. The van der Waals surface area contributed by atoms with Gasteiger partial charge in [0.15, 0.2) is 0 Å². The summed E-state index contributed by atoms with van der Waals surface area (Å²) in [5, 5.41) is 14.6. The van der Waals surface area contributed by atoms with Gasteiger partial charge < -0.3 is 15.5 Å². The van der Waals surface area contributed by atoms with E-state index in [4.69, 9.17) is 0 Å². The van der Waals surface area contributed by atoms with Crippen LogP contribution < -0.4 is 10.6 Å². The second kappa shape index (κ2) is 7.09. The third-order valence-electron chi connectivity index (χ3n) is 5.14. The van der Waals surface area contributed by atoms with Crippen molar-refractivity contribution in [3.63, 3.8) is 0 Å². The minimum atomic E-state index is 0.0552. The number of carbonyl (C=O) groups excluding carboxylic acids is 1. The van der Waals surface area contributed by atoms with Gasteiger partial charge in [0.05, 0.1) is 6.04 Å². The van der Waals surface area contributed by atoms with Crippen molar-refractivity contribution in [2.45, 2.75) is 37.8 Å². The molecule has 2 amide bonds. The molecule has 0 saturated carbocycles. The molecule has 1 atom stereocenters. The van der Waals surface area contributed by atoms with Crippen molar-refractivity contribution < 1.29 is 4.79 Å². The standard InChI is InChI=1S/C19H23N5O/c25-19(22-17-8-7-14-4-1-2-5-16(14)17)24-12-9-15(10-13-24)21-18-6-3-11-20-23-18/h1-6,11,15,17H,7-10,12-13H2,(H,21,23)(H,22,25)/t17-/m1/s1. The number of fused-ring (bicyclic) bond motifs is 1. The largest absolute Gasteiger partial charge is 0.366 e. The van der Waals surface area contributed by atoms with Gasteiger partial charge in [0, 0.05) is 25.3 Å². The van der Waals surface area contributed by atoms with E-state index in [1.54, 1.807) is 6.20 Å². The molecule has 2 aromatic rings. The third kappa shape index (κ3) is 3.57. The topological polar surface area (TPSA) is 70.2 Å². The van der Waals surface area contributed by atoms with E-state index in [2.05, 4.69) is 39.0 Å². The van der Waals surface area contributed by atoms with Crippen LogP contribution in [0.15, 0.2) is 42.6 Å². The average molecular weight is 337 g/mol. The molecule has 1 aliphatic heterocycles. The molecule has 1 aromatic heterocycles. The first-order valence-corrected chi connectivity index (χ1v) is 8.97. The normalized spacial score (nSPS) is 20.2. The molecule has 0 bridgehead atoms. The fourth-order valence-electron chi connectivity index (χ4n) is 3.76. The Morgan fingerprint density at radius 2 is 1.92 bits per heavy atom. The zero-order valence-corrected chi connectivity index (χ0v) is 14.2. The minimum absolute atomic E-state index is 0.0552. The van der Waals surface area contributed by atoms with Crippen LogP contribution in [-0.4, -0.2) is 40.3 Å². The second-order valence-electron chi connectivity index (χ2n) is 6.75. The van der Waals surface area contributed by atoms with Gasteiger partial charge in [-0.15, -0.1) is 5.10 Å². The molecular weight excluding hydrogens is 314 g/mol. The zero-order chi connectivity index (χ0) is 17.1. The highest BCUT2D eigenvalue weighted by atomic mass is 16.2. The van der Waals surface area contributed by atoms with Crippen LogP contribution in [0.3, 0.4) is 0 Å². The smallest absolute Gasteiger partial charge is 0.317 e. The van der Waals surface area contributed by atoms with Crippen molar-refractivity contribution in [3.8, 4) is 0 Å². The zero-order valence-electron chi connectivity index (χ0n) is 14.2. The predicted molar refractivity (Wildman–Crippen MR) is 96.3 cm³/mol. The summed E-state index contributed by atoms with van der Waals surface area (Å²) in [5.41, 5.74) is 2.63. The summed E-state index contributed by atoms with van der Waals surface area (Å²) in [5.74, 6) is 0.799. The molecule has 0 spiro atoms. The van der Waals surface area contributed by atoms with Crippen molar-refractivity contribution in [1.82, 2.24) is 20.4 Å². The maximum atomic E-state index is 12.6. The summed E-state index contributed by atoms with van der Waals surface area (Å²) in [6.07, 6.45) is 5.55. The van der Waals surface area contributed by atoms with Crippen LogP contribution in [0.4, 0.5) is 10.6 Å². The Bertz CT molecular complexity index is 728. The Morgan fingerprint density at radius 1 is 1.08 bits per heavy atom. The summed E-state index contributed by atoms with van der Waals surface area (Å²) in [7, 11) is 0. The summed E-state index contributed by atoms with van der Waals surface area (Å²) in [6, 6.07) is 12.7. The van der Waals surface area contributed by atoms with E-state index in [0.29, 0.717) is 6.04 Å². The van der Waals surface area contributed by atoms with Crippen LogP contribution in [0.1, 0.15) is 36.4 Å².